The summed E-state index contributed by atoms with van der Waals surface area (Å²) in [7, 11) is -3.66. The molecule has 0 radical (unpaired) electrons. The molecule has 0 amide bonds. The van der Waals surface area contributed by atoms with Crippen LogP contribution in [0.2, 0.25) is 0 Å². The van der Waals surface area contributed by atoms with E-state index in [9.17, 15) is 8.42 Å². The van der Waals surface area contributed by atoms with Gasteiger partial charge in [-0.05, 0) is 67.3 Å². The molecular formula is C19H21N3O2S. The average Bonchev–Trinajstić information content (AvgIpc) is 2.63. The Morgan fingerprint density at radius 1 is 1.04 bits per heavy atom. The highest BCUT2D eigenvalue weighted by Crippen LogP contribution is 2.25. The first-order valence-electron chi connectivity index (χ1n) is 8.36. The molecular weight excluding hydrogens is 334 g/mol. The zero-order chi connectivity index (χ0) is 17.9. The summed E-state index contributed by atoms with van der Waals surface area (Å²) < 4.78 is 27.4. The predicted molar refractivity (Wildman–Crippen MR) is 99.0 cm³/mol. The third kappa shape index (κ3) is 4.12. The van der Waals surface area contributed by atoms with Gasteiger partial charge in [0.2, 0.25) is 0 Å². The normalized spacial score (nSPS) is 15.6. The Balaban J connectivity index is 1.71. The highest BCUT2D eigenvalue weighted by Gasteiger charge is 2.17. The first kappa shape index (κ1) is 17.3. The van der Waals surface area contributed by atoms with Crippen LogP contribution in [-0.4, -0.2) is 21.5 Å². The maximum atomic E-state index is 12.4. The van der Waals surface area contributed by atoms with Crippen molar-refractivity contribution in [3.05, 3.63) is 54.1 Å². The van der Waals surface area contributed by atoms with Gasteiger partial charge in [-0.2, -0.15) is 5.26 Å². The lowest BCUT2D eigenvalue weighted by Gasteiger charge is -2.32. The van der Waals surface area contributed by atoms with Crippen molar-refractivity contribution < 1.29 is 8.42 Å². The predicted octanol–water partition coefficient (Wildman–Crippen LogP) is 3.60. The number of nitriles is 1. The lowest BCUT2D eigenvalue weighted by atomic mass is 9.99. The Kier molecular flexibility index (Phi) is 4.95. The van der Waals surface area contributed by atoms with E-state index in [-0.39, 0.29) is 4.90 Å². The molecule has 6 heteroatoms. The number of piperidine rings is 1. The van der Waals surface area contributed by atoms with Crippen molar-refractivity contribution in [1.29, 1.82) is 5.26 Å². The van der Waals surface area contributed by atoms with Crippen molar-refractivity contribution >= 4 is 21.4 Å². The van der Waals surface area contributed by atoms with E-state index in [2.05, 4.69) is 16.5 Å². The lowest BCUT2D eigenvalue weighted by molar-refractivity contribution is 0.438. The average molecular weight is 355 g/mol. The molecule has 1 saturated heterocycles. The van der Waals surface area contributed by atoms with Crippen LogP contribution in [0.3, 0.4) is 0 Å². The fourth-order valence-electron chi connectivity index (χ4n) is 2.93. The molecule has 130 valence electrons. The second kappa shape index (κ2) is 7.16. The molecule has 1 N–H and O–H groups in total. The smallest absolute Gasteiger partial charge is 0.261 e. The van der Waals surface area contributed by atoms with Crippen LogP contribution in [0.1, 0.15) is 25.3 Å². The minimum absolute atomic E-state index is 0.139. The first-order chi connectivity index (χ1) is 12.0. The molecule has 0 bridgehead atoms. The molecule has 1 aliphatic heterocycles. The maximum Gasteiger partial charge on any atom is 0.261 e. The third-order valence-corrected chi connectivity index (χ3v) is 5.96. The van der Waals surface area contributed by atoms with Crippen molar-refractivity contribution in [1.82, 2.24) is 0 Å². The van der Waals surface area contributed by atoms with Crippen LogP contribution in [0.25, 0.3) is 0 Å². The topological polar surface area (TPSA) is 73.2 Å². The van der Waals surface area contributed by atoms with E-state index in [0.717, 1.165) is 24.7 Å². The summed E-state index contributed by atoms with van der Waals surface area (Å²) in [4.78, 5) is 2.47. The molecule has 1 heterocycles. The molecule has 0 saturated carbocycles. The molecule has 2 aromatic carbocycles. The van der Waals surface area contributed by atoms with E-state index in [1.54, 1.807) is 12.1 Å². The monoisotopic (exact) mass is 355 g/mol. The molecule has 0 unspecified atom stereocenters. The maximum absolute atomic E-state index is 12.4. The minimum atomic E-state index is -3.66. The van der Waals surface area contributed by atoms with E-state index in [4.69, 9.17) is 5.26 Å². The van der Waals surface area contributed by atoms with E-state index >= 15 is 0 Å². The summed E-state index contributed by atoms with van der Waals surface area (Å²) in [5.74, 6) is 0.773. The van der Waals surface area contributed by atoms with Crippen LogP contribution in [0, 0.1) is 17.2 Å². The number of nitrogens with zero attached hydrogens (tertiary/aromatic N) is 2. The SMILES string of the molecule is CC1CCN(c2ccc(NS(=O)(=O)c3ccc(C#N)cc3)cc2)CC1. The van der Waals surface area contributed by atoms with Gasteiger partial charge in [-0.25, -0.2) is 8.42 Å². The Hall–Kier alpha value is -2.52. The van der Waals surface area contributed by atoms with E-state index in [1.165, 1.54) is 37.1 Å². The summed E-state index contributed by atoms with van der Waals surface area (Å²) in [6.45, 7) is 4.35. The van der Waals surface area contributed by atoms with Crippen molar-refractivity contribution in [2.45, 2.75) is 24.7 Å². The van der Waals surface area contributed by atoms with Crippen LogP contribution in [0.15, 0.2) is 53.4 Å². The van der Waals surface area contributed by atoms with Crippen molar-refractivity contribution in [3.8, 4) is 6.07 Å². The van der Waals surface area contributed by atoms with E-state index in [0.29, 0.717) is 11.3 Å². The van der Waals surface area contributed by atoms with Gasteiger partial charge in [0.05, 0.1) is 16.5 Å². The van der Waals surface area contributed by atoms with Gasteiger partial charge in [0, 0.05) is 24.5 Å². The zero-order valence-electron chi connectivity index (χ0n) is 14.1. The third-order valence-electron chi connectivity index (χ3n) is 4.56. The summed E-state index contributed by atoms with van der Waals surface area (Å²) in [6, 6.07) is 15.3. The molecule has 0 aromatic heterocycles. The van der Waals surface area contributed by atoms with Crippen molar-refractivity contribution in [2.75, 3.05) is 22.7 Å². The van der Waals surface area contributed by atoms with Crippen molar-refractivity contribution in [2.24, 2.45) is 5.92 Å². The minimum Gasteiger partial charge on any atom is -0.372 e. The Morgan fingerprint density at radius 3 is 2.20 bits per heavy atom. The number of nitrogens with one attached hydrogen (secondary N) is 1. The van der Waals surface area contributed by atoms with E-state index < -0.39 is 10.0 Å². The summed E-state index contributed by atoms with van der Waals surface area (Å²) in [5.41, 5.74) is 2.07. The highest BCUT2D eigenvalue weighted by atomic mass is 32.2. The van der Waals surface area contributed by atoms with Gasteiger partial charge in [0.15, 0.2) is 0 Å². The van der Waals surface area contributed by atoms with Crippen LogP contribution in [0.5, 0.6) is 0 Å². The molecule has 25 heavy (non-hydrogen) atoms. The van der Waals surface area contributed by atoms with Gasteiger partial charge in [-0.15, -0.1) is 0 Å². The van der Waals surface area contributed by atoms with Crippen LogP contribution < -0.4 is 9.62 Å². The zero-order valence-corrected chi connectivity index (χ0v) is 15.0. The molecule has 5 nitrogen and oxygen atoms in total. The summed E-state index contributed by atoms with van der Waals surface area (Å²) in [6.07, 6.45) is 2.38. The molecule has 1 fully saturated rings. The van der Waals surface area contributed by atoms with Crippen LogP contribution >= 0.6 is 0 Å². The Labute approximate surface area is 149 Å². The second-order valence-electron chi connectivity index (χ2n) is 6.46. The molecule has 2 aromatic rings. The fourth-order valence-corrected chi connectivity index (χ4v) is 3.99. The second-order valence-corrected chi connectivity index (χ2v) is 8.14. The highest BCUT2D eigenvalue weighted by molar-refractivity contribution is 7.92. The molecule has 0 aliphatic carbocycles. The number of hydrogen-bond acceptors (Lipinski definition) is 4. The number of anilines is 2. The number of benzene rings is 2. The lowest BCUT2D eigenvalue weighted by Crippen LogP contribution is -2.32. The van der Waals surface area contributed by atoms with Gasteiger partial charge < -0.3 is 4.90 Å². The quantitative estimate of drug-likeness (QED) is 0.909. The number of rotatable bonds is 4. The standard InChI is InChI=1S/C19H21N3O2S/c1-15-10-12-22(13-11-15)18-6-4-17(5-7-18)21-25(23,24)19-8-2-16(14-20)3-9-19/h2-9,15,21H,10-13H2,1H3. The largest absolute Gasteiger partial charge is 0.372 e. The van der Waals surface area contributed by atoms with Crippen LogP contribution in [0.4, 0.5) is 11.4 Å². The van der Waals surface area contributed by atoms with Crippen LogP contribution in [-0.2, 0) is 10.0 Å². The number of hydrogen-bond donors (Lipinski definition) is 1. The molecule has 0 spiro atoms. The van der Waals surface area contributed by atoms with Gasteiger partial charge in [-0.3, -0.25) is 4.72 Å². The molecule has 1 aliphatic rings. The van der Waals surface area contributed by atoms with Gasteiger partial charge in [0.1, 0.15) is 0 Å². The first-order valence-corrected chi connectivity index (χ1v) is 9.84. The molecule has 3 rings (SSSR count). The summed E-state index contributed by atoms with van der Waals surface area (Å²) >= 11 is 0. The van der Waals surface area contributed by atoms with Crippen molar-refractivity contribution in [3.63, 3.8) is 0 Å². The van der Waals surface area contributed by atoms with E-state index in [1.807, 2.05) is 18.2 Å². The van der Waals surface area contributed by atoms with Gasteiger partial charge in [-0.1, -0.05) is 6.92 Å². The Morgan fingerprint density at radius 2 is 1.64 bits per heavy atom. The van der Waals surface area contributed by atoms with Gasteiger partial charge in [0.25, 0.3) is 10.0 Å². The Bertz CT molecular complexity index is 860. The summed E-state index contributed by atoms with van der Waals surface area (Å²) in [5, 5.41) is 8.80. The molecule has 0 atom stereocenters. The number of sulfonamides is 1. The van der Waals surface area contributed by atoms with Gasteiger partial charge >= 0.3 is 0 Å². The fraction of sp³-hybridized carbons (Fsp3) is 0.316.